The molecule has 0 saturated carbocycles. The Hall–Kier alpha value is -2.18. The summed E-state index contributed by atoms with van der Waals surface area (Å²) in [5.74, 6) is -1.07. The quantitative estimate of drug-likeness (QED) is 0.769. The molecule has 0 aliphatic rings. The number of carboxylic acid groups (broad SMARTS) is 1. The summed E-state index contributed by atoms with van der Waals surface area (Å²) in [5.41, 5.74) is -0.161. The minimum absolute atomic E-state index is 0.0131. The van der Waals surface area contributed by atoms with Crippen molar-refractivity contribution in [3.63, 3.8) is 0 Å². The van der Waals surface area contributed by atoms with Gasteiger partial charge in [0.1, 0.15) is 5.69 Å². The molecule has 0 aliphatic heterocycles. The average molecular weight is 295 g/mol. The van der Waals surface area contributed by atoms with Gasteiger partial charge in [0.15, 0.2) is 0 Å². The molecule has 116 valence electrons. The fourth-order valence-corrected chi connectivity index (χ4v) is 2.10. The summed E-state index contributed by atoms with van der Waals surface area (Å²) in [7, 11) is 1.46. The number of hydrogen-bond donors (Lipinski definition) is 2. The molecule has 21 heavy (non-hydrogen) atoms. The summed E-state index contributed by atoms with van der Waals surface area (Å²) in [6, 6.07) is 2.62. The molecule has 1 amide bonds. The molecule has 0 radical (unpaired) electrons. The highest BCUT2D eigenvalue weighted by Crippen LogP contribution is 2.14. The van der Waals surface area contributed by atoms with E-state index in [4.69, 9.17) is 5.11 Å². The first kappa shape index (κ1) is 16.9. The standard InChI is InChI=1S/C14H21N3O4/c1-9(2)6-10(7-13(19)20)8-15-14(21)11-4-5-12(18)17(3)16-11/h4-5,9-10H,6-8H2,1-3H3,(H,15,21)(H,19,20)/t10-/m0/s1. The Kier molecular flexibility index (Phi) is 6.08. The van der Waals surface area contributed by atoms with Crippen molar-refractivity contribution < 1.29 is 14.7 Å². The second-order valence-corrected chi connectivity index (χ2v) is 5.48. The minimum Gasteiger partial charge on any atom is -0.481 e. The number of carboxylic acids is 1. The van der Waals surface area contributed by atoms with Crippen molar-refractivity contribution in [2.24, 2.45) is 18.9 Å². The number of aliphatic carboxylic acids is 1. The van der Waals surface area contributed by atoms with Gasteiger partial charge in [-0.1, -0.05) is 13.8 Å². The molecule has 0 bridgehead atoms. The molecule has 2 N–H and O–H groups in total. The molecule has 0 saturated heterocycles. The van der Waals surface area contributed by atoms with Crippen LogP contribution in [0.25, 0.3) is 0 Å². The van der Waals surface area contributed by atoms with E-state index in [9.17, 15) is 14.4 Å². The van der Waals surface area contributed by atoms with Crippen molar-refractivity contribution in [2.45, 2.75) is 26.7 Å². The van der Waals surface area contributed by atoms with Crippen molar-refractivity contribution >= 4 is 11.9 Å². The second-order valence-electron chi connectivity index (χ2n) is 5.48. The van der Waals surface area contributed by atoms with Gasteiger partial charge in [-0.2, -0.15) is 5.10 Å². The fourth-order valence-electron chi connectivity index (χ4n) is 2.10. The molecule has 7 heteroatoms. The predicted octanol–water partition coefficient (Wildman–Crippen LogP) is 0.647. The van der Waals surface area contributed by atoms with E-state index >= 15 is 0 Å². The monoisotopic (exact) mass is 295 g/mol. The average Bonchev–Trinajstić information content (AvgIpc) is 2.37. The van der Waals surface area contributed by atoms with Crippen LogP contribution in [0.2, 0.25) is 0 Å². The van der Waals surface area contributed by atoms with Crippen LogP contribution in [0.15, 0.2) is 16.9 Å². The van der Waals surface area contributed by atoms with Crippen molar-refractivity contribution in [2.75, 3.05) is 6.54 Å². The molecule has 0 spiro atoms. The highest BCUT2D eigenvalue weighted by atomic mass is 16.4. The number of carbonyl (C=O) groups is 2. The zero-order valence-electron chi connectivity index (χ0n) is 12.5. The summed E-state index contributed by atoms with van der Waals surface area (Å²) in [4.78, 5) is 34.0. The fraction of sp³-hybridized carbons (Fsp3) is 0.571. The SMILES string of the molecule is CC(C)C[C@H](CNC(=O)c1ccc(=O)n(C)n1)CC(=O)O. The molecule has 1 aromatic heterocycles. The van der Waals surface area contributed by atoms with Crippen molar-refractivity contribution in [1.82, 2.24) is 15.1 Å². The Labute approximate surface area is 123 Å². The van der Waals surface area contributed by atoms with Crippen molar-refractivity contribution in [3.05, 3.63) is 28.2 Å². The Morgan fingerprint density at radius 1 is 1.38 bits per heavy atom. The molecular formula is C14H21N3O4. The van der Waals surface area contributed by atoms with Gasteiger partial charge in [0, 0.05) is 26.1 Å². The van der Waals surface area contributed by atoms with E-state index in [1.165, 1.54) is 19.2 Å². The summed E-state index contributed by atoms with van der Waals surface area (Å²) >= 11 is 0. The van der Waals surface area contributed by atoms with Gasteiger partial charge in [0.25, 0.3) is 11.5 Å². The molecule has 0 aromatic carbocycles. The second kappa shape index (κ2) is 7.56. The molecule has 1 heterocycles. The molecule has 0 aliphatic carbocycles. The number of hydrogen-bond acceptors (Lipinski definition) is 4. The van der Waals surface area contributed by atoms with Crippen LogP contribution in [0.1, 0.15) is 37.2 Å². The smallest absolute Gasteiger partial charge is 0.303 e. The minimum atomic E-state index is -0.880. The Bertz CT molecular complexity index is 566. The molecule has 0 unspecified atom stereocenters. The van der Waals surface area contributed by atoms with Crippen LogP contribution >= 0.6 is 0 Å². The van der Waals surface area contributed by atoms with E-state index in [1.54, 1.807) is 0 Å². The molecular weight excluding hydrogens is 274 g/mol. The van der Waals surface area contributed by atoms with Crippen LogP contribution < -0.4 is 10.9 Å². The third-order valence-electron chi connectivity index (χ3n) is 3.01. The van der Waals surface area contributed by atoms with E-state index in [0.717, 1.165) is 4.68 Å². The number of nitrogens with one attached hydrogen (secondary N) is 1. The maximum Gasteiger partial charge on any atom is 0.303 e. The summed E-state index contributed by atoms with van der Waals surface area (Å²) in [6.45, 7) is 4.28. The number of rotatable bonds is 7. The zero-order chi connectivity index (χ0) is 16.0. The van der Waals surface area contributed by atoms with Crippen LogP contribution in [0, 0.1) is 11.8 Å². The number of carbonyl (C=O) groups excluding carboxylic acids is 1. The van der Waals surface area contributed by atoms with Crippen molar-refractivity contribution in [3.8, 4) is 0 Å². The van der Waals surface area contributed by atoms with E-state index in [2.05, 4.69) is 10.4 Å². The number of nitrogens with zero attached hydrogens (tertiary/aromatic N) is 2. The lowest BCUT2D eigenvalue weighted by Gasteiger charge is -2.17. The molecule has 1 aromatic rings. The first-order chi connectivity index (χ1) is 9.79. The van der Waals surface area contributed by atoms with Crippen LogP contribution in [-0.2, 0) is 11.8 Å². The topological polar surface area (TPSA) is 101 Å². The molecule has 1 atom stereocenters. The Morgan fingerprint density at radius 3 is 2.57 bits per heavy atom. The largest absolute Gasteiger partial charge is 0.481 e. The van der Waals surface area contributed by atoms with Gasteiger partial charge in [0.05, 0.1) is 0 Å². The Balaban J connectivity index is 2.65. The van der Waals surface area contributed by atoms with Gasteiger partial charge in [-0.3, -0.25) is 14.4 Å². The predicted molar refractivity (Wildman–Crippen MR) is 77.0 cm³/mol. The molecule has 1 rings (SSSR count). The molecule has 0 fully saturated rings. The Morgan fingerprint density at radius 2 is 2.05 bits per heavy atom. The zero-order valence-corrected chi connectivity index (χ0v) is 12.5. The van der Waals surface area contributed by atoms with E-state index in [0.29, 0.717) is 12.3 Å². The van der Waals surface area contributed by atoms with Crippen LogP contribution in [0.3, 0.4) is 0 Å². The summed E-state index contributed by atoms with van der Waals surface area (Å²) < 4.78 is 1.08. The number of aromatic nitrogens is 2. The lowest BCUT2D eigenvalue weighted by atomic mass is 9.94. The van der Waals surface area contributed by atoms with Gasteiger partial charge in [-0.15, -0.1) is 0 Å². The van der Waals surface area contributed by atoms with Gasteiger partial charge in [-0.05, 0) is 24.3 Å². The lowest BCUT2D eigenvalue weighted by molar-refractivity contribution is -0.138. The highest BCUT2D eigenvalue weighted by Gasteiger charge is 2.17. The highest BCUT2D eigenvalue weighted by molar-refractivity contribution is 5.92. The van der Waals surface area contributed by atoms with E-state index in [1.807, 2.05) is 13.8 Å². The first-order valence-corrected chi connectivity index (χ1v) is 6.84. The number of amides is 1. The van der Waals surface area contributed by atoms with E-state index in [-0.39, 0.29) is 30.1 Å². The van der Waals surface area contributed by atoms with Gasteiger partial charge in [0.2, 0.25) is 0 Å². The summed E-state index contributed by atoms with van der Waals surface area (Å²) in [6.07, 6.45) is 0.729. The van der Waals surface area contributed by atoms with Crippen LogP contribution in [0.4, 0.5) is 0 Å². The van der Waals surface area contributed by atoms with Gasteiger partial charge < -0.3 is 10.4 Å². The van der Waals surface area contributed by atoms with Gasteiger partial charge in [-0.25, -0.2) is 4.68 Å². The normalized spacial score (nSPS) is 12.2. The molecule has 7 nitrogen and oxygen atoms in total. The van der Waals surface area contributed by atoms with E-state index < -0.39 is 11.9 Å². The summed E-state index contributed by atoms with van der Waals surface area (Å²) in [5, 5.41) is 15.4. The van der Waals surface area contributed by atoms with Crippen LogP contribution in [-0.4, -0.2) is 33.3 Å². The third kappa shape index (κ3) is 5.76. The number of aryl methyl sites for hydroxylation is 1. The maximum absolute atomic E-state index is 11.9. The first-order valence-electron chi connectivity index (χ1n) is 6.84. The van der Waals surface area contributed by atoms with Crippen LogP contribution in [0.5, 0.6) is 0 Å². The third-order valence-corrected chi connectivity index (χ3v) is 3.01. The van der Waals surface area contributed by atoms with Gasteiger partial charge >= 0.3 is 5.97 Å². The van der Waals surface area contributed by atoms with Crippen molar-refractivity contribution in [1.29, 1.82) is 0 Å². The lowest BCUT2D eigenvalue weighted by Crippen LogP contribution is -2.33. The maximum atomic E-state index is 11.9.